The number of phosphoric acid groups is 2. The summed E-state index contributed by atoms with van der Waals surface area (Å²) < 4.78 is 68.7. The van der Waals surface area contributed by atoms with Crippen LogP contribution in [0.2, 0.25) is 0 Å². The van der Waals surface area contributed by atoms with Crippen molar-refractivity contribution in [2.24, 2.45) is 23.7 Å². The first kappa shape index (κ1) is 96.1. The Morgan fingerprint density at radius 3 is 0.633 bits per heavy atom. The number of carbonyl (C=O) groups is 4. The third-order valence-electron chi connectivity index (χ3n) is 18.3. The summed E-state index contributed by atoms with van der Waals surface area (Å²) in [5.41, 5.74) is 0. The standard InChI is InChI=1S/C79H154O17P2/c1-69(2)55-47-39-31-23-16-13-11-9-10-12-14-18-28-37-45-53-61-78(83)95-74(65-89-76(81)59-51-43-35-27-19-15-17-24-32-40-48-56-70(3)4)67-93-97(85,86)91-63-73(80)64-92-98(87,88)94-68-75(66-90-77(82)60-52-44-36-30-22-26-34-42-50-58-72(7)8)96-79(84)62-54-46-38-29-21-20-25-33-41-49-57-71(5)6/h69-75,80H,9-68H2,1-8H3,(H,85,86)(H,87,88)/t73-,74-,75-/m1/s1. The minimum atomic E-state index is -4.96. The molecule has 5 atom stereocenters. The van der Waals surface area contributed by atoms with Crippen LogP contribution in [0.3, 0.4) is 0 Å². The normalized spacial score (nSPS) is 14.1. The first-order chi connectivity index (χ1) is 47.1. The first-order valence-corrected chi connectivity index (χ1v) is 43.7. The number of rotatable bonds is 76. The molecule has 2 unspecified atom stereocenters. The van der Waals surface area contributed by atoms with Gasteiger partial charge in [-0.05, 0) is 49.4 Å². The molecule has 0 aliphatic heterocycles. The van der Waals surface area contributed by atoms with Crippen molar-refractivity contribution < 1.29 is 80.2 Å². The van der Waals surface area contributed by atoms with Crippen LogP contribution in [0.15, 0.2) is 0 Å². The van der Waals surface area contributed by atoms with Crippen LogP contribution in [0.4, 0.5) is 0 Å². The van der Waals surface area contributed by atoms with E-state index in [4.69, 9.17) is 37.0 Å². The Morgan fingerprint density at radius 1 is 0.255 bits per heavy atom. The van der Waals surface area contributed by atoms with E-state index in [0.717, 1.165) is 114 Å². The van der Waals surface area contributed by atoms with Crippen LogP contribution in [-0.4, -0.2) is 96.7 Å². The lowest BCUT2D eigenvalue weighted by Crippen LogP contribution is -2.30. The van der Waals surface area contributed by atoms with E-state index in [1.807, 2.05) is 0 Å². The fourth-order valence-electron chi connectivity index (χ4n) is 12.1. The fourth-order valence-corrected chi connectivity index (χ4v) is 13.7. The van der Waals surface area contributed by atoms with E-state index in [0.29, 0.717) is 25.7 Å². The van der Waals surface area contributed by atoms with Crippen molar-refractivity contribution in [1.29, 1.82) is 0 Å². The van der Waals surface area contributed by atoms with Crippen LogP contribution in [0.5, 0.6) is 0 Å². The second-order valence-electron chi connectivity index (χ2n) is 30.4. The van der Waals surface area contributed by atoms with Crippen molar-refractivity contribution in [3.8, 4) is 0 Å². The highest BCUT2D eigenvalue weighted by molar-refractivity contribution is 7.47. The molecule has 0 saturated carbocycles. The van der Waals surface area contributed by atoms with Gasteiger partial charge in [0.05, 0.1) is 26.4 Å². The molecule has 0 radical (unpaired) electrons. The molecule has 19 heteroatoms. The van der Waals surface area contributed by atoms with Gasteiger partial charge >= 0.3 is 39.5 Å². The van der Waals surface area contributed by atoms with Gasteiger partial charge in [-0.3, -0.25) is 37.3 Å². The highest BCUT2D eigenvalue weighted by Crippen LogP contribution is 2.45. The van der Waals surface area contributed by atoms with Gasteiger partial charge in [-0.25, -0.2) is 9.13 Å². The number of carbonyl (C=O) groups excluding carboxylic acids is 4. The van der Waals surface area contributed by atoms with Gasteiger partial charge in [0.25, 0.3) is 0 Å². The lowest BCUT2D eigenvalue weighted by molar-refractivity contribution is -0.161. The second-order valence-corrected chi connectivity index (χ2v) is 33.3. The second kappa shape index (κ2) is 68.2. The van der Waals surface area contributed by atoms with Crippen molar-refractivity contribution in [3.05, 3.63) is 0 Å². The quantitative estimate of drug-likeness (QED) is 0.0222. The first-order valence-electron chi connectivity index (χ1n) is 40.7. The minimum absolute atomic E-state index is 0.105. The molecule has 0 heterocycles. The number of hydrogen-bond donors (Lipinski definition) is 3. The van der Waals surface area contributed by atoms with Crippen molar-refractivity contribution in [2.75, 3.05) is 39.6 Å². The highest BCUT2D eigenvalue weighted by Gasteiger charge is 2.30. The Kier molecular flexibility index (Phi) is 66.8. The zero-order valence-corrected chi connectivity index (χ0v) is 66.2. The Labute approximate surface area is 600 Å². The summed E-state index contributed by atoms with van der Waals surface area (Å²) in [5, 5.41) is 10.6. The molecule has 17 nitrogen and oxygen atoms in total. The number of unbranched alkanes of at least 4 members (excludes halogenated alkanes) is 42. The largest absolute Gasteiger partial charge is 0.472 e. The average Bonchev–Trinajstić information content (AvgIpc) is 0.967. The summed E-state index contributed by atoms with van der Waals surface area (Å²) in [6.45, 7) is 14.2. The lowest BCUT2D eigenvalue weighted by Gasteiger charge is -2.21. The van der Waals surface area contributed by atoms with E-state index in [1.54, 1.807) is 0 Å². The SMILES string of the molecule is CC(C)CCCCCCCCCCCCCCCCCCC(=O)O[C@H](COC(=O)CCCCCCCCCCCCCC(C)C)COP(=O)(O)OC[C@@H](O)COP(=O)(O)OC[C@@H](COC(=O)CCCCCCCCCCCC(C)C)OC(=O)CCCCCCCCCCCCC(C)C. The van der Waals surface area contributed by atoms with Crippen LogP contribution in [0.25, 0.3) is 0 Å². The molecule has 98 heavy (non-hydrogen) atoms. The minimum Gasteiger partial charge on any atom is -0.462 e. The van der Waals surface area contributed by atoms with Gasteiger partial charge in [0.15, 0.2) is 12.2 Å². The molecule has 3 N–H and O–H groups in total. The van der Waals surface area contributed by atoms with Crippen molar-refractivity contribution >= 4 is 39.5 Å². The van der Waals surface area contributed by atoms with Gasteiger partial charge in [0.1, 0.15) is 19.3 Å². The molecule has 0 spiro atoms. The summed E-state index contributed by atoms with van der Waals surface area (Å²) >= 11 is 0. The molecule has 0 aromatic heterocycles. The molecular formula is C79H154O17P2. The highest BCUT2D eigenvalue weighted by atomic mass is 31.2. The van der Waals surface area contributed by atoms with E-state index in [2.05, 4.69) is 55.4 Å². The van der Waals surface area contributed by atoms with E-state index >= 15 is 0 Å². The third-order valence-corrected chi connectivity index (χ3v) is 20.2. The molecule has 0 fully saturated rings. The Balaban J connectivity index is 5.26. The molecule has 0 aliphatic carbocycles. The summed E-state index contributed by atoms with van der Waals surface area (Å²) in [6, 6.07) is 0. The molecule has 0 aromatic carbocycles. The smallest absolute Gasteiger partial charge is 0.462 e. The predicted octanol–water partition coefficient (Wildman–Crippen LogP) is 23.2. The molecule has 0 aliphatic rings. The maximum absolute atomic E-state index is 13.1. The summed E-state index contributed by atoms with van der Waals surface area (Å²) in [6.07, 6.45) is 54.1. The number of hydrogen-bond acceptors (Lipinski definition) is 15. The summed E-state index contributed by atoms with van der Waals surface area (Å²) in [5.74, 6) is 0.960. The zero-order valence-electron chi connectivity index (χ0n) is 64.4. The van der Waals surface area contributed by atoms with Gasteiger partial charge in [-0.2, -0.15) is 0 Å². The van der Waals surface area contributed by atoms with Crippen molar-refractivity contribution in [2.45, 2.75) is 420 Å². The van der Waals surface area contributed by atoms with Gasteiger partial charge in [-0.1, -0.05) is 351 Å². The van der Waals surface area contributed by atoms with Crippen LogP contribution in [-0.2, 0) is 65.4 Å². The van der Waals surface area contributed by atoms with Crippen LogP contribution < -0.4 is 0 Å². The molecule has 0 saturated heterocycles. The van der Waals surface area contributed by atoms with Crippen LogP contribution in [0, 0.1) is 23.7 Å². The van der Waals surface area contributed by atoms with E-state index in [9.17, 15) is 43.2 Å². The van der Waals surface area contributed by atoms with Crippen molar-refractivity contribution in [1.82, 2.24) is 0 Å². The zero-order chi connectivity index (χ0) is 72.4. The van der Waals surface area contributed by atoms with E-state index in [-0.39, 0.29) is 25.7 Å². The van der Waals surface area contributed by atoms with Crippen LogP contribution in [0.1, 0.15) is 402 Å². The molecule has 582 valence electrons. The number of esters is 4. The molecule has 0 aromatic rings. The summed E-state index contributed by atoms with van der Waals surface area (Å²) in [4.78, 5) is 73.0. The fraction of sp³-hybridized carbons (Fsp3) is 0.949. The van der Waals surface area contributed by atoms with E-state index < -0.39 is 97.5 Å². The maximum Gasteiger partial charge on any atom is 0.472 e. The Hall–Kier alpha value is -1.94. The number of ether oxygens (including phenoxy) is 4. The molecular weight excluding hydrogens is 1280 g/mol. The summed E-state index contributed by atoms with van der Waals surface area (Å²) in [7, 11) is -9.92. The van der Waals surface area contributed by atoms with Gasteiger partial charge in [-0.15, -0.1) is 0 Å². The Bertz CT molecular complexity index is 1920. The van der Waals surface area contributed by atoms with E-state index in [1.165, 1.54) is 205 Å². The molecule has 0 amide bonds. The Morgan fingerprint density at radius 2 is 0.429 bits per heavy atom. The maximum atomic E-state index is 13.1. The van der Waals surface area contributed by atoms with Crippen LogP contribution >= 0.6 is 15.6 Å². The van der Waals surface area contributed by atoms with Gasteiger partial charge in [0, 0.05) is 25.7 Å². The molecule has 0 bridgehead atoms. The number of aliphatic hydroxyl groups is 1. The third kappa shape index (κ3) is 72.4. The molecule has 0 rings (SSSR count). The van der Waals surface area contributed by atoms with Gasteiger partial charge < -0.3 is 33.8 Å². The lowest BCUT2D eigenvalue weighted by atomic mass is 10.0. The predicted molar refractivity (Wildman–Crippen MR) is 400 cm³/mol. The monoisotopic (exact) mass is 1440 g/mol. The van der Waals surface area contributed by atoms with Gasteiger partial charge in [0.2, 0.25) is 0 Å². The average molecular weight is 1440 g/mol. The number of aliphatic hydroxyl groups excluding tert-OH is 1. The topological polar surface area (TPSA) is 237 Å². The van der Waals surface area contributed by atoms with Crippen molar-refractivity contribution in [3.63, 3.8) is 0 Å². The number of phosphoric ester groups is 2.